The monoisotopic (exact) mass is 197 g/mol. The highest BCUT2D eigenvalue weighted by Gasteiger charge is 2.16. The molecule has 0 aliphatic heterocycles. The lowest BCUT2D eigenvalue weighted by Gasteiger charge is -2.12. The molecule has 0 heterocycles. The van der Waals surface area contributed by atoms with Gasteiger partial charge in [-0.3, -0.25) is 0 Å². The Morgan fingerprint density at radius 3 is 2.71 bits per heavy atom. The van der Waals surface area contributed by atoms with Gasteiger partial charge in [0.25, 0.3) is 0 Å². The van der Waals surface area contributed by atoms with E-state index in [9.17, 15) is 9.18 Å². The summed E-state index contributed by atoms with van der Waals surface area (Å²) in [7, 11) is 1.69. The molecule has 0 aliphatic rings. The summed E-state index contributed by atoms with van der Waals surface area (Å²) >= 11 is 0. The van der Waals surface area contributed by atoms with Gasteiger partial charge in [-0.1, -0.05) is 12.1 Å². The van der Waals surface area contributed by atoms with Crippen LogP contribution in [0.3, 0.4) is 0 Å². The third-order valence-electron chi connectivity index (χ3n) is 2.16. The summed E-state index contributed by atoms with van der Waals surface area (Å²) in [6.45, 7) is 1.77. The van der Waals surface area contributed by atoms with Gasteiger partial charge in [0.1, 0.15) is 5.82 Å². The van der Waals surface area contributed by atoms with E-state index in [0.29, 0.717) is 5.56 Å². The molecular weight excluding hydrogens is 185 g/mol. The second-order valence-electron chi connectivity index (χ2n) is 3.02. The van der Waals surface area contributed by atoms with Gasteiger partial charge in [-0.2, -0.15) is 0 Å². The predicted molar refractivity (Wildman–Crippen MR) is 50.8 cm³/mol. The van der Waals surface area contributed by atoms with E-state index in [1.54, 1.807) is 20.0 Å². The van der Waals surface area contributed by atoms with Crippen LogP contribution >= 0.6 is 0 Å². The van der Waals surface area contributed by atoms with Crippen LogP contribution in [0.25, 0.3) is 0 Å². The van der Waals surface area contributed by atoms with Crippen molar-refractivity contribution >= 4 is 5.97 Å². The van der Waals surface area contributed by atoms with Gasteiger partial charge < -0.3 is 10.4 Å². The maximum Gasteiger partial charge on any atom is 0.338 e. The molecule has 0 unspecified atom stereocenters. The van der Waals surface area contributed by atoms with Crippen molar-refractivity contribution in [1.82, 2.24) is 5.32 Å². The number of carboxylic acids is 1. The molecule has 0 spiro atoms. The highest BCUT2D eigenvalue weighted by atomic mass is 19.1. The van der Waals surface area contributed by atoms with Crippen LogP contribution < -0.4 is 5.32 Å². The van der Waals surface area contributed by atoms with Crippen molar-refractivity contribution in [3.63, 3.8) is 0 Å². The molecule has 1 atom stereocenters. The summed E-state index contributed by atoms with van der Waals surface area (Å²) in [5, 5.41) is 11.5. The van der Waals surface area contributed by atoms with Gasteiger partial charge in [0.2, 0.25) is 0 Å². The molecule has 0 saturated heterocycles. The van der Waals surface area contributed by atoms with Gasteiger partial charge in [0, 0.05) is 11.6 Å². The highest BCUT2D eigenvalue weighted by molar-refractivity contribution is 5.88. The maximum atomic E-state index is 13.5. The van der Waals surface area contributed by atoms with Crippen molar-refractivity contribution in [2.45, 2.75) is 13.0 Å². The number of rotatable bonds is 3. The van der Waals surface area contributed by atoms with Crippen molar-refractivity contribution in [2.24, 2.45) is 0 Å². The Hall–Kier alpha value is -1.42. The third kappa shape index (κ3) is 1.90. The molecule has 1 aromatic rings. The van der Waals surface area contributed by atoms with Gasteiger partial charge in [0.15, 0.2) is 0 Å². The van der Waals surface area contributed by atoms with E-state index in [-0.39, 0.29) is 11.6 Å². The Kier molecular flexibility index (Phi) is 3.19. The first-order valence-electron chi connectivity index (χ1n) is 4.27. The molecule has 14 heavy (non-hydrogen) atoms. The number of carboxylic acid groups (broad SMARTS) is 1. The highest BCUT2D eigenvalue weighted by Crippen LogP contribution is 2.19. The summed E-state index contributed by atoms with van der Waals surface area (Å²) in [4.78, 5) is 10.6. The normalized spacial score (nSPS) is 12.5. The molecule has 3 nitrogen and oxygen atoms in total. The van der Waals surface area contributed by atoms with Crippen molar-refractivity contribution in [1.29, 1.82) is 0 Å². The molecule has 1 aromatic carbocycles. The first kappa shape index (κ1) is 10.7. The molecule has 4 heteroatoms. The van der Waals surface area contributed by atoms with Crippen molar-refractivity contribution in [3.05, 3.63) is 35.1 Å². The molecular formula is C10H12FNO2. The van der Waals surface area contributed by atoms with Gasteiger partial charge in [-0.15, -0.1) is 0 Å². The second kappa shape index (κ2) is 4.19. The van der Waals surface area contributed by atoms with E-state index >= 15 is 0 Å². The third-order valence-corrected chi connectivity index (χ3v) is 2.16. The Morgan fingerprint density at radius 1 is 1.57 bits per heavy atom. The van der Waals surface area contributed by atoms with Crippen LogP contribution in [0.2, 0.25) is 0 Å². The molecule has 0 saturated carbocycles. The Morgan fingerprint density at radius 2 is 2.21 bits per heavy atom. The standard InChI is InChI=1S/C10H12FNO2/c1-6(12-2)7-4-3-5-8(9(7)11)10(13)14/h3-6,12H,1-2H3,(H,13,14)/t6-/m1/s1. The summed E-state index contributed by atoms with van der Waals surface area (Å²) in [5.41, 5.74) is 0.0806. The zero-order chi connectivity index (χ0) is 10.7. The van der Waals surface area contributed by atoms with Crippen LogP contribution in [0.15, 0.2) is 18.2 Å². The largest absolute Gasteiger partial charge is 0.478 e. The first-order valence-corrected chi connectivity index (χ1v) is 4.27. The van der Waals surface area contributed by atoms with Crippen LogP contribution in [-0.2, 0) is 0 Å². The van der Waals surface area contributed by atoms with Crippen LogP contribution in [0.4, 0.5) is 4.39 Å². The quantitative estimate of drug-likeness (QED) is 0.776. The minimum absolute atomic E-state index is 0.200. The lowest BCUT2D eigenvalue weighted by Crippen LogP contribution is -2.15. The van der Waals surface area contributed by atoms with Gasteiger partial charge in [-0.05, 0) is 20.0 Å². The fourth-order valence-corrected chi connectivity index (χ4v) is 1.20. The average molecular weight is 197 g/mol. The summed E-state index contributed by atoms with van der Waals surface area (Å²) in [6, 6.07) is 4.16. The van der Waals surface area contributed by atoms with E-state index in [0.717, 1.165) is 0 Å². The van der Waals surface area contributed by atoms with Crippen molar-refractivity contribution < 1.29 is 14.3 Å². The average Bonchev–Trinajstić information content (AvgIpc) is 2.16. The minimum Gasteiger partial charge on any atom is -0.478 e. The molecule has 0 radical (unpaired) electrons. The number of hydrogen-bond donors (Lipinski definition) is 2. The van der Waals surface area contributed by atoms with Crippen molar-refractivity contribution in [3.8, 4) is 0 Å². The number of halogens is 1. The van der Waals surface area contributed by atoms with E-state index in [1.807, 2.05) is 0 Å². The number of nitrogens with one attached hydrogen (secondary N) is 1. The number of aromatic carboxylic acids is 1. The topological polar surface area (TPSA) is 49.3 Å². The van der Waals surface area contributed by atoms with E-state index < -0.39 is 11.8 Å². The molecule has 2 N–H and O–H groups in total. The fraction of sp³-hybridized carbons (Fsp3) is 0.300. The van der Waals surface area contributed by atoms with Crippen LogP contribution in [0, 0.1) is 5.82 Å². The second-order valence-corrected chi connectivity index (χ2v) is 3.02. The molecule has 0 bridgehead atoms. The first-order chi connectivity index (χ1) is 6.57. The molecule has 0 amide bonds. The maximum absolute atomic E-state index is 13.5. The molecule has 0 fully saturated rings. The summed E-state index contributed by atoms with van der Waals surface area (Å²) in [5.74, 6) is -1.91. The molecule has 76 valence electrons. The molecule has 0 aliphatic carbocycles. The number of benzene rings is 1. The van der Waals surface area contributed by atoms with E-state index in [4.69, 9.17) is 5.11 Å². The Balaban J connectivity index is 3.20. The Bertz CT molecular complexity index is 352. The van der Waals surface area contributed by atoms with Gasteiger partial charge >= 0.3 is 5.97 Å². The van der Waals surface area contributed by atoms with Crippen molar-refractivity contribution in [2.75, 3.05) is 7.05 Å². The Labute approximate surface area is 81.6 Å². The lowest BCUT2D eigenvalue weighted by molar-refractivity contribution is 0.0691. The molecule has 1 rings (SSSR count). The van der Waals surface area contributed by atoms with E-state index in [2.05, 4.69) is 5.32 Å². The number of carbonyl (C=O) groups is 1. The lowest BCUT2D eigenvalue weighted by atomic mass is 10.0. The summed E-state index contributed by atoms with van der Waals surface area (Å²) < 4.78 is 13.5. The van der Waals surface area contributed by atoms with Gasteiger partial charge in [-0.25, -0.2) is 9.18 Å². The van der Waals surface area contributed by atoms with Crippen LogP contribution in [0.1, 0.15) is 28.9 Å². The smallest absolute Gasteiger partial charge is 0.338 e. The van der Waals surface area contributed by atoms with Crippen LogP contribution in [-0.4, -0.2) is 18.1 Å². The number of hydrogen-bond acceptors (Lipinski definition) is 2. The van der Waals surface area contributed by atoms with Gasteiger partial charge in [0.05, 0.1) is 5.56 Å². The summed E-state index contributed by atoms with van der Waals surface area (Å²) in [6.07, 6.45) is 0. The zero-order valence-electron chi connectivity index (χ0n) is 8.04. The van der Waals surface area contributed by atoms with E-state index in [1.165, 1.54) is 12.1 Å². The SMILES string of the molecule is CN[C@H](C)c1cccc(C(=O)O)c1F. The molecule has 0 aromatic heterocycles. The zero-order valence-corrected chi connectivity index (χ0v) is 8.04. The fourth-order valence-electron chi connectivity index (χ4n) is 1.20. The van der Waals surface area contributed by atoms with Crippen LogP contribution in [0.5, 0.6) is 0 Å². The minimum atomic E-state index is -1.24. The predicted octanol–water partition coefficient (Wildman–Crippen LogP) is 1.80.